The van der Waals surface area contributed by atoms with Crippen molar-refractivity contribution in [2.75, 3.05) is 31.1 Å². The summed E-state index contributed by atoms with van der Waals surface area (Å²) in [7, 11) is 0. The molecule has 0 bridgehead atoms. The highest BCUT2D eigenvalue weighted by molar-refractivity contribution is 6.07. The molecule has 0 spiro atoms. The van der Waals surface area contributed by atoms with Gasteiger partial charge in [-0.25, -0.2) is 4.68 Å². The summed E-state index contributed by atoms with van der Waals surface area (Å²) in [6, 6.07) is 18.2. The summed E-state index contributed by atoms with van der Waals surface area (Å²) in [6.45, 7) is 5.65. The lowest BCUT2D eigenvalue weighted by Crippen LogP contribution is -2.50. The Kier molecular flexibility index (Phi) is 5.39. The number of para-hydroxylation sites is 2. The Labute approximate surface area is 186 Å². The minimum Gasteiger partial charge on any atom is -0.368 e. The van der Waals surface area contributed by atoms with Crippen LogP contribution in [0.1, 0.15) is 13.3 Å². The van der Waals surface area contributed by atoms with Gasteiger partial charge >= 0.3 is 0 Å². The van der Waals surface area contributed by atoms with Crippen LogP contribution in [0.2, 0.25) is 0 Å². The number of amides is 1. The lowest BCUT2D eigenvalue weighted by molar-refractivity contribution is -0.132. The fraction of sp³-hybridized carbons (Fsp3) is 0.320. The molecule has 0 N–H and O–H groups in total. The van der Waals surface area contributed by atoms with Crippen molar-refractivity contribution in [1.29, 1.82) is 0 Å². The molecule has 1 amide bonds. The van der Waals surface area contributed by atoms with E-state index in [-0.39, 0.29) is 18.0 Å². The lowest BCUT2D eigenvalue weighted by atomic mass is 10.2. The Morgan fingerprint density at radius 2 is 1.66 bits per heavy atom. The largest absolute Gasteiger partial charge is 0.368 e. The highest BCUT2D eigenvalue weighted by atomic mass is 16.2. The number of hydrogen-bond donors (Lipinski definition) is 0. The van der Waals surface area contributed by atoms with Gasteiger partial charge in [0.05, 0.1) is 6.20 Å². The molecule has 0 saturated carbocycles. The van der Waals surface area contributed by atoms with E-state index < -0.39 is 0 Å². The van der Waals surface area contributed by atoms with E-state index in [2.05, 4.69) is 33.6 Å². The Balaban J connectivity index is 1.38. The number of aromatic nitrogens is 3. The van der Waals surface area contributed by atoms with Crippen LogP contribution in [-0.2, 0) is 17.9 Å². The topological polar surface area (TPSA) is 63.4 Å². The number of aryl methyl sites for hydroxylation is 1. The van der Waals surface area contributed by atoms with Crippen molar-refractivity contribution in [2.45, 2.75) is 26.4 Å². The smallest absolute Gasteiger partial charge is 0.291 e. The highest BCUT2D eigenvalue weighted by Gasteiger charge is 2.23. The minimum absolute atomic E-state index is 0.0340. The van der Waals surface area contributed by atoms with Crippen LogP contribution < -0.4 is 10.5 Å². The number of fused-ring (bicyclic) bond motifs is 3. The molecule has 1 saturated heterocycles. The van der Waals surface area contributed by atoms with Crippen LogP contribution in [0.5, 0.6) is 0 Å². The molecule has 164 valence electrons. The number of nitrogens with zero attached hydrogens (tertiary/aromatic N) is 5. The summed E-state index contributed by atoms with van der Waals surface area (Å²) in [6.07, 6.45) is 2.64. The van der Waals surface area contributed by atoms with Crippen molar-refractivity contribution in [2.24, 2.45) is 0 Å². The van der Waals surface area contributed by atoms with Gasteiger partial charge in [-0.1, -0.05) is 43.3 Å². The van der Waals surface area contributed by atoms with E-state index in [1.807, 2.05) is 47.4 Å². The number of hydrogen-bond acceptors (Lipinski definition) is 4. The predicted molar refractivity (Wildman–Crippen MR) is 127 cm³/mol. The molecule has 1 aliphatic rings. The zero-order chi connectivity index (χ0) is 22.1. The van der Waals surface area contributed by atoms with Crippen molar-refractivity contribution in [3.05, 3.63) is 71.1 Å². The molecule has 0 atom stereocenters. The van der Waals surface area contributed by atoms with E-state index in [4.69, 9.17) is 0 Å². The summed E-state index contributed by atoms with van der Waals surface area (Å²) in [5.74, 6) is -0.0650. The molecular weight excluding hydrogens is 402 g/mol. The van der Waals surface area contributed by atoms with E-state index in [0.717, 1.165) is 42.3 Å². The van der Waals surface area contributed by atoms with E-state index in [1.54, 1.807) is 6.20 Å². The van der Waals surface area contributed by atoms with Crippen molar-refractivity contribution < 1.29 is 4.79 Å². The fourth-order valence-corrected chi connectivity index (χ4v) is 4.64. The Bertz CT molecular complexity index is 1320. The van der Waals surface area contributed by atoms with Gasteiger partial charge in [-0.15, -0.1) is 0 Å². The van der Waals surface area contributed by atoms with Crippen LogP contribution in [0, 0.1) is 0 Å². The zero-order valence-electron chi connectivity index (χ0n) is 18.3. The first-order valence-corrected chi connectivity index (χ1v) is 11.2. The standard InChI is InChI=1S/C25H27N5O2/c1-2-12-29-22-11-7-6-10-20(22)21-17-26-30(25(32)24(21)29)18-23(31)28-15-13-27(14-16-28)19-8-4-3-5-9-19/h3-11,17H,2,12-16,18H2,1H3. The molecule has 0 radical (unpaired) electrons. The van der Waals surface area contributed by atoms with Crippen LogP contribution in [0.3, 0.4) is 0 Å². The van der Waals surface area contributed by atoms with Gasteiger partial charge in [-0.3, -0.25) is 9.59 Å². The normalized spacial score (nSPS) is 14.4. The van der Waals surface area contributed by atoms with Crippen LogP contribution in [0.4, 0.5) is 5.69 Å². The predicted octanol–water partition coefficient (Wildman–Crippen LogP) is 3.11. The van der Waals surface area contributed by atoms with E-state index in [9.17, 15) is 9.59 Å². The number of benzene rings is 2. The van der Waals surface area contributed by atoms with Crippen molar-refractivity contribution >= 4 is 33.4 Å². The molecular formula is C25H27N5O2. The molecule has 7 nitrogen and oxygen atoms in total. The molecule has 3 heterocycles. The number of rotatable bonds is 5. The van der Waals surface area contributed by atoms with Gasteiger partial charge in [0.25, 0.3) is 5.56 Å². The first-order valence-electron chi connectivity index (χ1n) is 11.2. The first kappa shape index (κ1) is 20.3. The van der Waals surface area contributed by atoms with Crippen LogP contribution in [-0.4, -0.2) is 51.3 Å². The molecule has 0 aliphatic carbocycles. The molecule has 4 aromatic rings. The molecule has 7 heteroatoms. The Morgan fingerprint density at radius 1 is 0.938 bits per heavy atom. The molecule has 5 rings (SSSR count). The second kappa shape index (κ2) is 8.49. The monoisotopic (exact) mass is 429 g/mol. The Hall–Kier alpha value is -3.61. The molecule has 32 heavy (non-hydrogen) atoms. The van der Waals surface area contributed by atoms with Gasteiger partial charge in [0.2, 0.25) is 5.91 Å². The maximum atomic E-state index is 13.3. The Morgan fingerprint density at radius 3 is 2.41 bits per heavy atom. The SMILES string of the molecule is CCCn1c2ccccc2c2cnn(CC(=O)N3CCN(c4ccccc4)CC3)c(=O)c21. The molecule has 2 aromatic carbocycles. The fourth-order valence-electron chi connectivity index (χ4n) is 4.64. The number of carbonyl (C=O) groups excluding carboxylic acids is 1. The van der Waals surface area contributed by atoms with Gasteiger partial charge in [0.1, 0.15) is 12.1 Å². The maximum Gasteiger partial charge on any atom is 0.291 e. The van der Waals surface area contributed by atoms with Crippen molar-refractivity contribution in [1.82, 2.24) is 19.2 Å². The third-order valence-corrected chi connectivity index (χ3v) is 6.26. The zero-order valence-corrected chi connectivity index (χ0v) is 18.3. The van der Waals surface area contributed by atoms with E-state index in [1.165, 1.54) is 10.4 Å². The van der Waals surface area contributed by atoms with Crippen LogP contribution in [0.15, 0.2) is 65.6 Å². The summed E-state index contributed by atoms with van der Waals surface area (Å²) in [5.41, 5.74) is 2.63. The van der Waals surface area contributed by atoms with Crippen LogP contribution >= 0.6 is 0 Å². The highest BCUT2D eigenvalue weighted by Crippen LogP contribution is 2.26. The van der Waals surface area contributed by atoms with Crippen molar-refractivity contribution in [3.63, 3.8) is 0 Å². The van der Waals surface area contributed by atoms with Gasteiger partial charge in [-0.05, 0) is 24.6 Å². The van der Waals surface area contributed by atoms with Gasteiger partial charge in [0, 0.05) is 54.7 Å². The second-order valence-corrected chi connectivity index (χ2v) is 8.24. The van der Waals surface area contributed by atoms with Gasteiger partial charge in [0.15, 0.2) is 0 Å². The maximum absolute atomic E-state index is 13.3. The second-order valence-electron chi connectivity index (χ2n) is 8.24. The number of anilines is 1. The lowest BCUT2D eigenvalue weighted by Gasteiger charge is -2.36. The molecule has 0 unspecified atom stereocenters. The molecule has 2 aromatic heterocycles. The van der Waals surface area contributed by atoms with Gasteiger partial charge < -0.3 is 14.4 Å². The van der Waals surface area contributed by atoms with Crippen LogP contribution in [0.25, 0.3) is 21.8 Å². The van der Waals surface area contributed by atoms with E-state index >= 15 is 0 Å². The summed E-state index contributed by atoms with van der Waals surface area (Å²) in [4.78, 5) is 30.4. The summed E-state index contributed by atoms with van der Waals surface area (Å²) >= 11 is 0. The number of piperazine rings is 1. The minimum atomic E-state index is -0.205. The van der Waals surface area contributed by atoms with Gasteiger partial charge in [-0.2, -0.15) is 5.10 Å². The summed E-state index contributed by atoms with van der Waals surface area (Å²) < 4.78 is 3.38. The summed E-state index contributed by atoms with van der Waals surface area (Å²) in [5, 5.41) is 6.23. The third-order valence-electron chi connectivity index (χ3n) is 6.26. The average Bonchev–Trinajstić information content (AvgIpc) is 3.16. The van der Waals surface area contributed by atoms with Crippen molar-refractivity contribution in [3.8, 4) is 0 Å². The third kappa shape index (κ3) is 3.53. The quantitative estimate of drug-likeness (QED) is 0.489. The van der Waals surface area contributed by atoms with E-state index in [0.29, 0.717) is 18.6 Å². The molecule has 1 fully saturated rings. The molecule has 1 aliphatic heterocycles. The first-order chi connectivity index (χ1) is 15.7. The number of carbonyl (C=O) groups is 1. The average molecular weight is 430 g/mol.